The van der Waals surface area contributed by atoms with Gasteiger partial charge >= 0.3 is 0 Å². The monoisotopic (exact) mass is 332 g/mol. The second-order valence-corrected chi connectivity index (χ2v) is 7.15. The average Bonchev–Trinajstić information content (AvgIpc) is 3.04. The number of aryl methyl sites for hydroxylation is 2. The van der Waals surface area contributed by atoms with E-state index < -0.39 is 0 Å². The summed E-state index contributed by atoms with van der Waals surface area (Å²) in [5.41, 5.74) is 1.92. The third-order valence-electron chi connectivity index (χ3n) is 5.20. The Hall–Kier alpha value is -1.85. The standard InChI is InChI=1S/C18H28N4O2/c1-14-11-15(2)22(19-14)13-17(23)21-10-7-16(12-21)18(24)20-8-5-3-4-6-9-20/h11,16H,3-10,12-13H2,1-2H3. The zero-order valence-electron chi connectivity index (χ0n) is 14.8. The highest BCUT2D eigenvalue weighted by Crippen LogP contribution is 2.21. The van der Waals surface area contributed by atoms with Crippen LogP contribution in [0.2, 0.25) is 0 Å². The van der Waals surface area contributed by atoms with Crippen LogP contribution in [-0.2, 0) is 16.1 Å². The summed E-state index contributed by atoms with van der Waals surface area (Å²) >= 11 is 0. The van der Waals surface area contributed by atoms with Gasteiger partial charge in [0.25, 0.3) is 0 Å². The van der Waals surface area contributed by atoms with Crippen LogP contribution < -0.4 is 0 Å². The zero-order valence-corrected chi connectivity index (χ0v) is 14.8. The first-order chi connectivity index (χ1) is 11.5. The quantitative estimate of drug-likeness (QED) is 0.847. The van der Waals surface area contributed by atoms with Gasteiger partial charge in [0.05, 0.1) is 11.6 Å². The highest BCUT2D eigenvalue weighted by molar-refractivity contribution is 5.82. The van der Waals surface area contributed by atoms with Crippen LogP contribution in [0.1, 0.15) is 43.5 Å². The second kappa shape index (κ2) is 7.36. The zero-order chi connectivity index (χ0) is 17.1. The third-order valence-corrected chi connectivity index (χ3v) is 5.20. The van der Waals surface area contributed by atoms with Crippen LogP contribution in [0.15, 0.2) is 6.07 Å². The SMILES string of the molecule is Cc1cc(C)n(CC(=O)N2CCC(C(=O)N3CCCCCC3)C2)n1. The van der Waals surface area contributed by atoms with Crippen molar-refractivity contribution in [2.75, 3.05) is 26.2 Å². The molecule has 6 heteroatoms. The molecular weight excluding hydrogens is 304 g/mol. The molecule has 1 aromatic rings. The Labute approximate surface area is 143 Å². The summed E-state index contributed by atoms with van der Waals surface area (Å²) < 4.78 is 1.75. The van der Waals surface area contributed by atoms with E-state index in [-0.39, 0.29) is 24.3 Å². The van der Waals surface area contributed by atoms with Crippen LogP contribution in [0, 0.1) is 19.8 Å². The van der Waals surface area contributed by atoms with Gasteiger partial charge < -0.3 is 9.80 Å². The van der Waals surface area contributed by atoms with Crippen molar-refractivity contribution in [3.05, 3.63) is 17.5 Å². The van der Waals surface area contributed by atoms with Gasteiger partial charge in [0.15, 0.2) is 0 Å². The van der Waals surface area contributed by atoms with E-state index in [4.69, 9.17) is 0 Å². The molecule has 0 radical (unpaired) electrons. The lowest BCUT2D eigenvalue weighted by molar-refractivity contribution is -0.135. The molecular formula is C18H28N4O2. The molecule has 3 heterocycles. The predicted octanol–water partition coefficient (Wildman–Crippen LogP) is 1.75. The highest BCUT2D eigenvalue weighted by Gasteiger charge is 2.33. The number of nitrogens with zero attached hydrogens (tertiary/aromatic N) is 4. The first kappa shape index (κ1) is 17.0. The summed E-state index contributed by atoms with van der Waals surface area (Å²) in [6, 6.07) is 1.98. The fraction of sp³-hybridized carbons (Fsp3) is 0.722. The van der Waals surface area contributed by atoms with E-state index in [9.17, 15) is 9.59 Å². The Balaban J connectivity index is 1.55. The van der Waals surface area contributed by atoms with E-state index in [1.807, 2.05) is 29.7 Å². The normalized spacial score (nSPS) is 21.8. The number of carbonyl (C=O) groups is 2. The molecule has 6 nitrogen and oxygen atoms in total. The van der Waals surface area contributed by atoms with Crippen molar-refractivity contribution < 1.29 is 9.59 Å². The minimum absolute atomic E-state index is 0.0208. The molecule has 3 rings (SSSR count). The van der Waals surface area contributed by atoms with E-state index in [0.29, 0.717) is 13.1 Å². The van der Waals surface area contributed by atoms with Gasteiger partial charge in [0.1, 0.15) is 6.54 Å². The molecule has 0 spiro atoms. The molecule has 2 saturated heterocycles. The molecule has 132 valence electrons. The number of aromatic nitrogens is 2. The Morgan fingerprint density at radius 1 is 1.08 bits per heavy atom. The van der Waals surface area contributed by atoms with Crippen molar-refractivity contribution in [2.24, 2.45) is 5.92 Å². The molecule has 2 aliphatic heterocycles. The molecule has 1 aromatic heterocycles. The third kappa shape index (κ3) is 3.79. The minimum Gasteiger partial charge on any atom is -0.342 e. The molecule has 2 aliphatic rings. The molecule has 2 fully saturated rings. The number of hydrogen-bond donors (Lipinski definition) is 0. The summed E-state index contributed by atoms with van der Waals surface area (Å²) in [4.78, 5) is 29.1. The van der Waals surface area contributed by atoms with Gasteiger partial charge in [-0.2, -0.15) is 5.10 Å². The summed E-state index contributed by atoms with van der Waals surface area (Å²) in [5, 5.41) is 4.35. The van der Waals surface area contributed by atoms with Crippen molar-refractivity contribution in [3.8, 4) is 0 Å². The Bertz CT molecular complexity index is 602. The molecule has 2 amide bonds. The predicted molar refractivity (Wildman–Crippen MR) is 91.4 cm³/mol. The molecule has 0 N–H and O–H groups in total. The summed E-state index contributed by atoms with van der Waals surface area (Å²) in [6.45, 7) is 7.17. The van der Waals surface area contributed by atoms with Crippen molar-refractivity contribution in [1.82, 2.24) is 19.6 Å². The van der Waals surface area contributed by atoms with Gasteiger partial charge in [-0.3, -0.25) is 14.3 Å². The summed E-state index contributed by atoms with van der Waals surface area (Å²) in [5.74, 6) is 0.290. The van der Waals surface area contributed by atoms with Crippen molar-refractivity contribution in [3.63, 3.8) is 0 Å². The Morgan fingerprint density at radius 3 is 2.42 bits per heavy atom. The number of carbonyl (C=O) groups excluding carboxylic acids is 2. The first-order valence-electron chi connectivity index (χ1n) is 9.12. The molecule has 0 saturated carbocycles. The van der Waals surface area contributed by atoms with E-state index in [2.05, 4.69) is 5.10 Å². The van der Waals surface area contributed by atoms with Crippen LogP contribution in [-0.4, -0.2) is 57.6 Å². The number of rotatable bonds is 3. The van der Waals surface area contributed by atoms with Crippen LogP contribution in [0.5, 0.6) is 0 Å². The van der Waals surface area contributed by atoms with Crippen LogP contribution in [0.3, 0.4) is 0 Å². The number of amides is 2. The average molecular weight is 332 g/mol. The van der Waals surface area contributed by atoms with Crippen LogP contribution in [0.4, 0.5) is 0 Å². The molecule has 0 aliphatic carbocycles. The second-order valence-electron chi connectivity index (χ2n) is 7.15. The molecule has 0 bridgehead atoms. The largest absolute Gasteiger partial charge is 0.342 e. The van der Waals surface area contributed by atoms with Crippen molar-refractivity contribution in [2.45, 2.75) is 52.5 Å². The Kier molecular flexibility index (Phi) is 5.21. The van der Waals surface area contributed by atoms with E-state index in [1.165, 1.54) is 12.8 Å². The highest BCUT2D eigenvalue weighted by atomic mass is 16.2. The van der Waals surface area contributed by atoms with Crippen LogP contribution in [0.25, 0.3) is 0 Å². The smallest absolute Gasteiger partial charge is 0.244 e. The maximum absolute atomic E-state index is 12.7. The first-order valence-corrected chi connectivity index (χ1v) is 9.12. The molecule has 24 heavy (non-hydrogen) atoms. The van der Waals surface area contributed by atoms with Gasteiger partial charge in [0, 0.05) is 31.9 Å². The van der Waals surface area contributed by atoms with Crippen LogP contribution >= 0.6 is 0 Å². The van der Waals surface area contributed by atoms with Gasteiger partial charge in [-0.1, -0.05) is 12.8 Å². The number of likely N-dealkylation sites (tertiary alicyclic amines) is 2. The summed E-state index contributed by atoms with van der Waals surface area (Å²) in [6.07, 6.45) is 5.46. The fourth-order valence-electron chi connectivity index (χ4n) is 3.80. The van der Waals surface area contributed by atoms with E-state index >= 15 is 0 Å². The lowest BCUT2D eigenvalue weighted by atomic mass is 10.1. The lowest BCUT2D eigenvalue weighted by Gasteiger charge is -2.24. The maximum atomic E-state index is 12.7. The Morgan fingerprint density at radius 2 is 1.79 bits per heavy atom. The van der Waals surface area contributed by atoms with E-state index in [0.717, 1.165) is 43.7 Å². The van der Waals surface area contributed by atoms with Crippen molar-refractivity contribution >= 4 is 11.8 Å². The minimum atomic E-state index is -0.0208. The van der Waals surface area contributed by atoms with Crippen molar-refractivity contribution in [1.29, 1.82) is 0 Å². The van der Waals surface area contributed by atoms with Gasteiger partial charge in [-0.05, 0) is 39.2 Å². The maximum Gasteiger partial charge on any atom is 0.244 e. The van der Waals surface area contributed by atoms with Gasteiger partial charge in [-0.15, -0.1) is 0 Å². The van der Waals surface area contributed by atoms with Gasteiger partial charge in [-0.25, -0.2) is 0 Å². The van der Waals surface area contributed by atoms with E-state index in [1.54, 1.807) is 4.68 Å². The molecule has 1 atom stereocenters. The number of hydrogen-bond acceptors (Lipinski definition) is 3. The molecule has 0 aromatic carbocycles. The fourth-order valence-corrected chi connectivity index (χ4v) is 3.80. The lowest BCUT2D eigenvalue weighted by Crippen LogP contribution is -2.39. The molecule has 1 unspecified atom stereocenters. The summed E-state index contributed by atoms with van der Waals surface area (Å²) in [7, 11) is 0. The topological polar surface area (TPSA) is 58.4 Å². The van der Waals surface area contributed by atoms with Gasteiger partial charge in [0.2, 0.25) is 11.8 Å².